The molecule has 0 spiro atoms. The van der Waals surface area contributed by atoms with Gasteiger partial charge in [0, 0.05) is 0 Å². The standard InChI is InChI=1S/C8H15N5O/c1-2-3-4-5-14-8-12-6(9)11-7(10)13-8/h2-5H2,1H3,(H4,9,10,11,12,13). The minimum absolute atomic E-state index is 0.0861. The third-order valence-corrected chi connectivity index (χ3v) is 1.63. The Morgan fingerprint density at radius 1 is 1.07 bits per heavy atom. The van der Waals surface area contributed by atoms with Crippen molar-refractivity contribution in [2.45, 2.75) is 26.2 Å². The molecule has 1 aromatic heterocycles. The lowest BCUT2D eigenvalue weighted by Gasteiger charge is -2.03. The summed E-state index contributed by atoms with van der Waals surface area (Å²) in [5.41, 5.74) is 10.7. The van der Waals surface area contributed by atoms with E-state index in [-0.39, 0.29) is 17.9 Å². The fraction of sp³-hybridized carbons (Fsp3) is 0.625. The van der Waals surface area contributed by atoms with Gasteiger partial charge in [-0.3, -0.25) is 0 Å². The summed E-state index contributed by atoms with van der Waals surface area (Å²) in [5.74, 6) is 0.172. The summed E-state index contributed by atoms with van der Waals surface area (Å²) in [6, 6.07) is 0.200. The molecule has 0 amide bonds. The van der Waals surface area contributed by atoms with Gasteiger partial charge in [0.25, 0.3) is 0 Å². The molecule has 1 heterocycles. The van der Waals surface area contributed by atoms with Crippen LogP contribution in [0.15, 0.2) is 0 Å². The molecule has 1 aromatic rings. The van der Waals surface area contributed by atoms with Crippen LogP contribution in [0.25, 0.3) is 0 Å². The maximum Gasteiger partial charge on any atom is 0.323 e. The SMILES string of the molecule is CCCCCOc1nc(N)nc(N)n1. The van der Waals surface area contributed by atoms with Crippen LogP contribution in [0.4, 0.5) is 11.9 Å². The van der Waals surface area contributed by atoms with Crippen LogP contribution in [0.1, 0.15) is 26.2 Å². The number of nitrogens with two attached hydrogens (primary N) is 2. The fourth-order valence-corrected chi connectivity index (χ4v) is 0.968. The Morgan fingerprint density at radius 3 is 2.29 bits per heavy atom. The van der Waals surface area contributed by atoms with Crippen molar-refractivity contribution >= 4 is 11.9 Å². The number of unbranched alkanes of at least 4 members (excludes halogenated alkanes) is 2. The van der Waals surface area contributed by atoms with Crippen LogP contribution in [-0.4, -0.2) is 21.6 Å². The molecule has 0 saturated heterocycles. The van der Waals surface area contributed by atoms with Crippen molar-refractivity contribution in [1.82, 2.24) is 15.0 Å². The van der Waals surface area contributed by atoms with E-state index in [0.29, 0.717) is 6.61 Å². The predicted octanol–water partition coefficient (Wildman–Crippen LogP) is 0.605. The van der Waals surface area contributed by atoms with E-state index in [2.05, 4.69) is 21.9 Å². The number of hydrogen-bond donors (Lipinski definition) is 2. The van der Waals surface area contributed by atoms with Crippen LogP contribution in [0, 0.1) is 0 Å². The Kier molecular flexibility index (Phi) is 3.90. The van der Waals surface area contributed by atoms with Crippen molar-refractivity contribution in [1.29, 1.82) is 0 Å². The highest BCUT2D eigenvalue weighted by Crippen LogP contribution is 2.06. The molecule has 0 unspecified atom stereocenters. The van der Waals surface area contributed by atoms with Crippen LogP contribution >= 0.6 is 0 Å². The van der Waals surface area contributed by atoms with Crippen molar-refractivity contribution in [3.63, 3.8) is 0 Å². The molecule has 4 N–H and O–H groups in total. The molecular weight excluding hydrogens is 182 g/mol. The molecule has 0 aliphatic rings. The smallest absolute Gasteiger partial charge is 0.323 e. The molecule has 6 heteroatoms. The van der Waals surface area contributed by atoms with Crippen molar-refractivity contribution in [3.05, 3.63) is 0 Å². The Balaban J connectivity index is 2.42. The van der Waals surface area contributed by atoms with Crippen molar-refractivity contribution < 1.29 is 4.74 Å². The highest BCUT2D eigenvalue weighted by molar-refractivity contribution is 5.27. The first-order valence-electron chi connectivity index (χ1n) is 4.62. The Labute approximate surface area is 82.7 Å². The first kappa shape index (κ1) is 10.5. The average molecular weight is 197 g/mol. The molecule has 6 nitrogen and oxygen atoms in total. The maximum absolute atomic E-state index is 5.37. The van der Waals surface area contributed by atoms with Gasteiger partial charge in [0.05, 0.1) is 6.61 Å². The third-order valence-electron chi connectivity index (χ3n) is 1.63. The lowest BCUT2D eigenvalue weighted by atomic mass is 10.3. The van der Waals surface area contributed by atoms with Gasteiger partial charge in [-0.1, -0.05) is 19.8 Å². The monoisotopic (exact) mass is 197 g/mol. The normalized spacial score (nSPS) is 10.1. The lowest BCUT2D eigenvalue weighted by Crippen LogP contribution is -2.07. The molecule has 0 fully saturated rings. The second kappa shape index (κ2) is 5.21. The van der Waals surface area contributed by atoms with Crippen molar-refractivity contribution in [3.8, 4) is 6.01 Å². The molecule has 0 atom stereocenters. The van der Waals surface area contributed by atoms with Gasteiger partial charge in [0.15, 0.2) is 0 Å². The maximum atomic E-state index is 5.37. The third kappa shape index (κ3) is 3.42. The van der Waals surface area contributed by atoms with E-state index < -0.39 is 0 Å². The van der Waals surface area contributed by atoms with Gasteiger partial charge < -0.3 is 16.2 Å². The van der Waals surface area contributed by atoms with E-state index in [1.807, 2.05) is 0 Å². The molecule has 0 saturated carbocycles. The van der Waals surface area contributed by atoms with E-state index in [4.69, 9.17) is 16.2 Å². The van der Waals surface area contributed by atoms with E-state index in [1.54, 1.807) is 0 Å². The number of rotatable bonds is 5. The minimum Gasteiger partial charge on any atom is -0.463 e. The molecule has 78 valence electrons. The molecule has 1 rings (SSSR count). The lowest BCUT2D eigenvalue weighted by molar-refractivity contribution is 0.283. The largest absolute Gasteiger partial charge is 0.463 e. The van der Waals surface area contributed by atoms with Gasteiger partial charge >= 0.3 is 6.01 Å². The number of aromatic nitrogens is 3. The van der Waals surface area contributed by atoms with Crippen LogP contribution in [0.3, 0.4) is 0 Å². The van der Waals surface area contributed by atoms with E-state index in [0.717, 1.165) is 19.3 Å². The second-order valence-corrected chi connectivity index (χ2v) is 2.89. The first-order valence-corrected chi connectivity index (χ1v) is 4.62. The predicted molar refractivity (Wildman–Crippen MR) is 53.7 cm³/mol. The molecule has 14 heavy (non-hydrogen) atoms. The minimum atomic E-state index is 0.0861. The quantitative estimate of drug-likeness (QED) is 0.670. The van der Waals surface area contributed by atoms with Crippen LogP contribution in [0.2, 0.25) is 0 Å². The first-order chi connectivity index (χ1) is 6.72. The summed E-state index contributed by atoms with van der Waals surface area (Å²) in [5, 5.41) is 0. The van der Waals surface area contributed by atoms with Gasteiger partial charge in [0.1, 0.15) is 0 Å². The average Bonchev–Trinajstić information content (AvgIpc) is 2.11. The van der Waals surface area contributed by atoms with Crippen molar-refractivity contribution in [2.24, 2.45) is 0 Å². The summed E-state index contributed by atoms with van der Waals surface area (Å²) in [4.78, 5) is 11.2. The zero-order valence-electron chi connectivity index (χ0n) is 8.23. The Hall–Kier alpha value is -1.59. The molecule has 0 aromatic carbocycles. The summed E-state index contributed by atoms with van der Waals surface area (Å²) in [6.07, 6.45) is 3.24. The van der Waals surface area contributed by atoms with E-state index >= 15 is 0 Å². The summed E-state index contributed by atoms with van der Waals surface area (Å²) in [7, 11) is 0. The van der Waals surface area contributed by atoms with Crippen LogP contribution in [-0.2, 0) is 0 Å². The molecule has 0 aliphatic carbocycles. The van der Waals surface area contributed by atoms with E-state index in [1.165, 1.54) is 0 Å². The molecule has 0 bridgehead atoms. The zero-order valence-corrected chi connectivity index (χ0v) is 8.23. The topological polar surface area (TPSA) is 99.9 Å². The molecule has 0 aliphatic heterocycles. The highest BCUT2D eigenvalue weighted by Gasteiger charge is 2.01. The van der Waals surface area contributed by atoms with Gasteiger partial charge in [0.2, 0.25) is 11.9 Å². The number of ether oxygens (including phenoxy) is 1. The number of nitrogen functional groups attached to an aromatic ring is 2. The van der Waals surface area contributed by atoms with Gasteiger partial charge in [-0.25, -0.2) is 0 Å². The van der Waals surface area contributed by atoms with Gasteiger partial charge in [-0.15, -0.1) is 0 Å². The molecular formula is C8H15N5O. The Morgan fingerprint density at radius 2 is 1.71 bits per heavy atom. The summed E-state index contributed by atoms with van der Waals surface area (Å²) in [6.45, 7) is 2.70. The number of anilines is 2. The van der Waals surface area contributed by atoms with Gasteiger partial charge in [-0.05, 0) is 6.42 Å². The molecule has 0 radical (unpaired) electrons. The van der Waals surface area contributed by atoms with Crippen LogP contribution < -0.4 is 16.2 Å². The Bertz CT molecular complexity index is 271. The zero-order chi connectivity index (χ0) is 10.4. The number of nitrogens with zero attached hydrogens (tertiary/aromatic N) is 3. The van der Waals surface area contributed by atoms with E-state index in [9.17, 15) is 0 Å². The highest BCUT2D eigenvalue weighted by atomic mass is 16.5. The van der Waals surface area contributed by atoms with Gasteiger partial charge in [-0.2, -0.15) is 15.0 Å². The van der Waals surface area contributed by atoms with Crippen LogP contribution in [0.5, 0.6) is 6.01 Å². The second-order valence-electron chi connectivity index (χ2n) is 2.89. The fourth-order valence-electron chi connectivity index (χ4n) is 0.968. The van der Waals surface area contributed by atoms with Crippen molar-refractivity contribution in [2.75, 3.05) is 18.1 Å². The summed E-state index contributed by atoms with van der Waals surface area (Å²) >= 11 is 0. The summed E-state index contributed by atoms with van der Waals surface area (Å²) < 4.78 is 5.25. The number of hydrogen-bond acceptors (Lipinski definition) is 6.